The molecule has 0 aliphatic carbocycles. The molecule has 106 valence electrons. The standard InChI is InChI=1S/C14H20ClNO3/c1-5-14(3,19-6-2)13(17)16-10-7-8-12(18-4)11(15)9-10/h7-9H,5-6H2,1-4H3,(H,16,17)/t14-/m1/s1. The highest BCUT2D eigenvalue weighted by atomic mass is 35.5. The first-order valence-corrected chi connectivity index (χ1v) is 6.63. The van der Waals surface area contributed by atoms with E-state index < -0.39 is 5.60 Å². The summed E-state index contributed by atoms with van der Waals surface area (Å²) in [6.07, 6.45) is 0.594. The van der Waals surface area contributed by atoms with Gasteiger partial charge in [-0.3, -0.25) is 4.79 Å². The van der Waals surface area contributed by atoms with Gasteiger partial charge in [0.05, 0.1) is 12.1 Å². The molecule has 1 N–H and O–H groups in total. The second kappa shape index (κ2) is 6.78. The number of halogens is 1. The van der Waals surface area contributed by atoms with E-state index in [1.165, 1.54) is 0 Å². The molecule has 4 nitrogen and oxygen atoms in total. The number of hydrogen-bond donors (Lipinski definition) is 1. The van der Waals surface area contributed by atoms with Crippen LogP contribution in [0.3, 0.4) is 0 Å². The van der Waals surface area contributed by atoms with Crippen molar-refractivity contribution in [3.8, 4) is 5.75 Å². The van der Waals surface area contributed by atoms with Crippen LogP contribution in [0.1, 0.15) is 27.2 Å². The molecule has 0 heterocycles. The Balaban J connectivity index is 2.84. The highest BCUT2D eigenvalue weighted by Gasteiger charge is 2.31. The third kappa shape index (κ3) is 3.85. The van der Waals surface area contributed by atoms with Gasteiger partial charge in [-0.2, -0.15) is 0 Å². The van der Waals surface area contributed by atoms with Gasteiger partial charge in [0.25, 0.3) is 5.91 Å². The second-order valence-corrected chi connectivity index (χ2v) is 4.73. The fourth-order valence-electron chi connectivity index (χ4n) is 1.65. The third-order valence-corrected chi connectivity index (χ3v) is 3.32. The normalized spacial score (nSPS) is 13.7. The van der Waals surface area contributed by atoms with Crippen molar-refractivity contribution >= 4 is 23.2 Å². The molecule has 5 heteroatoms. The highest BCUT2D eigenvalue weighted by molar-refractivity contribution is 6.32. The van der Waals surface area contributed by atoms with E-state index in [4.69, 9.17) is 21.1 Å². The molecule has 1 aromatic carbocycles. The lowest BCUT2D eigenvalue weighted by atomic mass is 10.0. The Labute approximate surface area is 119 Å². The van der Waals surface area contributed by atoms with Crippen LogP contribution in [0.25, 0.3) is 0 Å². The average molecular weight is 286 g/mol. The van der Waals surface area contributed by atoms with E-state index in [1.807, 2.05) is 13.8 Å². The molecule has 1 rings (SSSR count). The topological polar surface area (TPSA) is 47.6 Å². The van der Waals surface area contributed by atoms with Gasteiger partial charge in [-0.25, -0.2) is 0 Å². The quantitative estimate of drug-likeness (QED) is 0.870. The zero-order chi connectivity index (χ0) is 14.5. The van der Waals surface area contributed by atoms with Crippen molar-refractivity contribution in [3.05, 3.63) is 23.2 Å². The van der Waals surface area contributed by atoms with Crippen molar-refractivity contribution in [1.82, 2.24) is 0 Å². The van der Waals surface area contributed by atoms with Crippen molar-refractivity contribution in [2.24, 2.45) is 0 Å². The van der Waals surface area contributed by atoms with Gasteiger partial charge in [0.2, 0.25) is 0 Å². The Morgan fingerprint density at radius 2 is 2.11 bits per heavy atom. The first-order chi connectivity index (χ1) is 8.96. The maximum Gasteiger partial charge on any atom is 0.256 e. The summed E-state index contributed by atoms with van der Waals surface area (Å²) in [5.41, 5.74) is -0.212. The predicted octanol–water partition coefficient (Wildman–Crippen LogP) is 3.49. The number of rotatable bonds is 6. The van der Waals surface area contributed by atoms with Crippen LogP contribution in [0.4, 0.5) is 5.69 Å². The van der Waals surface area contributed by atoms with Gasteiger partial charge < -0.3 is 14.8 Å². The highest BCUT2D eigenvalue weighted by Crippen LogP contribution is 2.28. The van der Waals surface area contributed by atoms with E-state index in [-0.39, 0.29) is 5.91 Å². The summed E-state index contributed by atoms with van der Waals surface area (Å²) in [6, 6.07) is 5.10. The maximum absolute atomic E-state index is 12.2. The molecule has 0 bridgehead atoms. The first-order valence-electron chi connectivity index (χ1n) is 6.25. The van der Waals surface area contributed by atoms with E-state index in [0.717, 1.165) is 0 Å². The first kappa shape index (κ1) is 15.8. The van der Waals surface area contributed by atoms with Gasteiger partial charge in [0, 0.05) is 12.3 Å². The zero-order valence-corrected chi connectivity index (χ0v) is 12.5. The number of hydrogen-bond acceptors (Lipinski definition) is 3. The molecule has 1 aromatic rings. The van der Waals surface area contributed by atoms with Crippen LogP contribution in [0.15, 0.2) is 18.2 Å². The van der Waals surface area contributed by atoms with Crippen LogP contribution in [0.2, 0.25) is 5.02 Å². The molecule has 0 radical (unpaired) electrons. The molecule has 0 aliphatic heterocycles. The van der Waals surface area contributed by atoms with Crippen LogP contribution in [0.5, 0.6) is 5.75 Å². The van der Waals surface area contributed by atoms with Gasteiger partial charge in [-0.1, -0.05) is 18.5 Å². The lowest BCUT2D eigenvalue weighted by Gasteiger charge is -2.26. The molecule has 0 fully saturated rings. The second-order valence-electron chi connectivity index (χ2n) is 4.32. The summed E-state index contributed by atoms with van der Waals surface area (Å²) >= 11 is 6.01. The van der Waals surface area contributed by atoms with Crippen molar-refractivity contribution in [2.45, 2.75) is 32.8 Å². The van der Waals surface area contributed by atoms with Crippen LogP contribution < -0.4 is 10.1 Å². The molecule has 0 aromatic heterocycles. The molecular formula is C14H20ClNO3. The number of carbonyl (C=O) groups excluding carboxylic acids is 1. The molecular weight excluding hydrogens is 266 g/mol. The number of methoxy groups -OCH3 is 1. The Bertz CT molecular complexity index is 450. The lowest BCUT2D eigenvalue weighted by molar-refractivity contribution is -0.139. The summed E-state index contributed by atoms with van der Waals surface area (Å²) in [6.45, 7) is 6.04. The molecule has 0 unspecified atom stereocenters. The minimum Gasteiger partial charge on any atom is -0.495 e. The summed E-state index contributed by atoms with van der Waals surface area (Å²) in [7, 11) is 1.54. The van der Waals surface area contributed by atoms with Crippen LogP contribution >= 0.6 is 11.6 Å². The molecule has 19 heavy (non-hydrogen) atoms. The zero-order valence-electron chi connectivity index (χ0n) is 11.7. The van der Waals surface area contributed by atoms with Crippen LogP contribution in [0, 0.1) is 0 Å². The van der Waals surface area contributed by atoms with Gasteiger partial charge in [0.1, 0.15) is 11.4 Å². The Kier molecular flexibility index (Phi) is 5.63. The van der Waals surface area contributed by atoms with Gasteiger partial charge >= 0.3 is 0 Å². The predicted molar refractivity (Wildman–Crippen MR) is 77.0 cm³/mol. The fraction of sp³-hybridized carbons (Fsp3) is 0.500. The van der Waals surface area contributed by atoms with Gasteiger partial charge in [-0.05, 0) is 38.5 Å². The Hall–Kier alpha value is -1.26. The fourth-order valence-corrected chi connectivity index (χ4v) is 1.91. The minimum atomic E-state index is -0.832. The molecule has 0 aliphatic rings. The molecule has 1 amide bonds. The van der Waals surface area contributed by atoms with Crippen molar-refractivity contribution in [1.29, 1.82) is 0 Å². The number of benzene rings is 1. The molecule has 0 saturated carbocycles. The number of ether oxygens (including phenoxy) is 2. The van der Waals surface area contributed by atoms with Gasteiger partial charge in [-0.15, -0.1) is 0 Å². The Morgan fingerprint density at radius 1 is 1.42 bits per heavy atom. The monoisotopic (exact) mass is 285 g/mol. The van der Waals surface area contributed by atoms with E-state index in [9.17, 15) is 4.79 Å². The lowest BCUT2D eigenvalue weighted by Crippen LogP contribution is -2.42. The van der Waals surface area contributed by atoms with Crippen LogP contribution in [-0.2, 0) is 9.53 Å². The van der Waals surface area contributed by atoms with Crippen LogP contribution in [-0.4, -0.2) is 25.2 Å². The number of nitrogens with one attached hydrogen (secondary N) is 1. The molecule has 0 saturated heterocycles. The summed E-state index contributed by atoms with van der Waals surface area (Å²) < 4.78 is 10.6. The largest absolute Gasteiger partial charge is 0.495 e. The molecule has 0 spiro atoms. The SMILES string of the molecule is CCO[C@](C)(CC)C(=O)Nc1ccc(OC)c(Cl)c1. The van der Waals surface area contributed by atoms with E-state index >= 15 is 0 Å². The van der Waals surface area contributed by atoms with E-state index in [2.05, 4.69) is 5.32 Å². The smallest absolute Gasteiger partial charge is 0.256 e. The van der Waals surface area contributed by atoms with Crippen molar-refractivity contribution < 1.29 is 14.3 Å². The van der Waals surface area contributed by atoms with Crippen molar-refractivity contribution in [3.63, 3.8) is 0 Å². The summed E-state index contributed by atoms with van der Waals surface area (Å²) in [5, 5.41) is 3.26. The number of carbonyl (C=O) groups is 1. The third-order valence-electron chi connectivity index (χ3n) is 3.03. The maximum atomic E-state index is 12.2. The van der Waals surface area contributed by atoms with E-state index in [1.54, 1.807) is 32.2 Å². The number of anilines is 1. The number of amides is 1. The van der Waals surface area contributed by atoms with Crippen molar-refractivity contribution in [2.75, 3.05) is 19.0 Å². The minimum absolute atomic E-state index is 0.182. The summed E-state index contributed by atoms with van der Waals surface area (Å²) in [4.78, 5) is 12.2. The molecule has 1 atom stereocenters. The van der Waals surface area contributed by atoms with Gasteiger partial charge in [0.15, 0.2) is 0 Å². The van der Waals surface area contributed by atoms with E-state index in [0.29, 0.717) is 29.5 Å². The average Bonchev–Trinajstić information content (AvgIpc) is 2.39. The summed E-state index contributed by atoms with van der Waals surface area (Å²) in [5.74, 6) is 0.390. The Morgan fingerprint density at radius 3 is 2.58 bits per heavy atom.